The van der Waals surface area contributed by atoms with Crippen molar-refractivity contribution < 1.29 is 4.74 Å². The second-order valence-electron chi connectivity index (χ2n) is 7.51. The van der Waals surface area contributed by atoms with E-state index < -0.39 is 0 Å². The number of benzene rings is 2. The number of pyridine rings is 1. The number of anilines is 4. The van der Waals surface area contributed by atoms with Crippen LogP contribution in [0.2, 0.25) is 0 Å². The van der Waals surface area contributed by atoms with Crippen molar-refractivity contribution in [3.63, 3.8) is 0 Å². The van der Waals surface area contributed by atoms with Gasteiger partial charge in [-0.2, -0.15) is 0 Å². The molecule has 0 amide bonds. The summed E-state index contributed by atoms with van der Waals surface area (Å²) in [6.45, 7) is 2.87. The molecule has 3 aromatic rings. The maximum absolute atomic E-state index is 6.30. The summed E-state index contributed by atoms with van der Waals surface area (Å²) < 4.78 is 5.93. The van der Waals surface area contributed by atoms with Crippen LogP contribution in [0.4, 0.5) is 22.9 Å². The van der Waals surface area contributed by atoms with Gasteiger partial charge in [-0.25, -0.2) is 4.98 Å². The van der Waals surface area contributed by atoms with Gasteiger partial charge in [0.25, 0.3) is 0 Å². The maximum Gasteiger partial charge on any atom is 0.149 e. The lowest BCUT2D eigenvalue weighted by molar-refractivity contribution is 0.437. The third-order valence-electron chi connectivity index (χ3n) is 5.64. The summed E-state index contributed by atoms with van der Waals surface area (Å²) in [5.74, 6) is 2.21. The van der Waals surface area contributed by atoms with Gasteiger partial charge in [-0.1, -0.05) is 18.2 Å². The van der Waals surface area contributed by atoms with Gasteiger partial charge >= 0.3 is 0 Å². The number of nitrogens with zero attached hydrogens (tertiary/aromatic N) is 3. The first-order valence-corrected chi connectivity index (χ1v) is 10.1. The zero-order valence-corrected chi connectivity index (χ0v) is 16.3. The largest absolute Gasteiger partial charge is 0.457 e. The molecule has 0 spiro atoms. The molecule has 1 atom stereocenters. The Morgan fingerprint density at radius 2 is 1.79 bits per heavy atom. The Kier molecular flexibility index (Phi) is 4.69. The number of nitrogens with two attached hydrogens (primary N) is 1. The van der Waals surface area contributed by atoms with Gasteiger partial charge in [-0.3, -0.25) is 0 Å². The van der Waals surface area contributed by atoms with E-state index in [0.29, 0.717) is 11.9 Å². The molecule has 2 aliphatic rings. The van der Waals surface area contributed by atoms with E-state index in [-0.39, 0.29) is 0 Å². The minimum absolute atomic E-state index is 0.468. The van der Waals surface area contributed by atoms with Gasteiger partial charge in [-0.15, -0.1) is 0 Å². The number of aromatic nitrogens is 1. The van der Waals surface area contributed by atoms with E-state index in [0.717, 1.165) is 48.3 Å². The molecule has 3 heterocycles. The van der Waals surface area contributed by atoms with Crippen LogP contribution in [0.3, 0.4) is 0 Å². The molecule has 3 N–H and O–H groups in total. The number of fused-ring (bicyclic) bond motifs is 1. The standard InChI is InChI=1S/C23H25N5O/c24-23-22-21(12-14-26-23)27(18-5-4-13-25-15-18)16-28(22)17-8-10-20(11-9-17)29-19-6-2-1-3-7-19/h1-3,6-12,14,18,25H,4-5,13,15-16H2,(H2,24,26)/t18-/m1/s1. The Morgan fingerprint density at radius 1 is 1.00 bits per heavy atom. The second-order valence-corrected chi connectivity index (χ2v) is 7.51. The van der Waals surface area contributed by atoms with E-state index >= 15 is 0 Å². The van der Waals surface area contributed by atoms with Crippen LogP contribution in [0, 0.1) is 0 Å². The molecule has 0 unspecified atom stereocenters. The number of rotatable bonds is 4. The molecule has 0 saturated carbocycles. The van der Waals surface area contributed by atoms with Crippen molar-refractivity contribution in [2.75, 3.05) is 35.3 Å². The molecular weight excluding hydrogens is 362 g/mol. The normalized spacial score (nSPS) is 18.6. The van der Waals surface area contributed by atoms with E-state index in [2.05, 4.69) is 38.3 Å². The fourth-order valence-electron chi connectivity index (χ4n) is 4.21. The van der Waals surface area contributed by atoms with Crippen LogP contribution in [0.15, 0.2) is 66.9 Å². The molecule has 2 aromatic carbocycles. The van der Waals surface area contributed by atoms with E-state index in [9.17, 15) is 0 Å². The van der Waals surface area contributed by atoms with E-state index in [1.807, 2.05) is 42.5 Å². The monoisotopic (exact) mass is 387 g/mol. The highest BCUT2D eigenvalue weighted by atomic mass is 16.5. The fourth-order valence-corrected chi connectivity index (χ4v) is 4.21. The number of piperidine rings is 1. The highest BCUT2D eigenvalue weighted by Gasteiger charge is 2.34. The van der Waals surface area contributed by atoms with Crippen LogP contribution in [0.1, 0.15) is 12.8 Å². The zero-order valence-electron chi connectivity index (χ0n) is 16.3. The highest BCUT2D eigenvalue weighted by molar-refractivity contribution is 5.89. The summed E-state index contributed by atoms with van der Waals surface area (Å²) >= 11 is 0. The lowest BCUT2D eigenvalue weighted by Gasteiger charge is -2.33. The van der Waals surface area contributed by atoms with Crippen molar-refractivity contribution >= 4 is 22.9 Å². The number of nitrogens with one attached hydrogen (secondary N) is 1. The molecule has 0 bridgehead atoms. The van der Waals surface area contributed by atoms with E-state index in [4.69, 9.17) is 10.5 Å². The zero-order chi connectivity index (χ0) is 19.6. The maximum atomic E-state index is 6.30. The first-order valence-electron chi connectivity index (χ1n) is 10.1. The van der Waals surface area contributed by atoms with Gasteiger partial charge in [0.05, 0.1) is 12.4 Å². The molecular formula is C23H25N5O. The number of nitrogen functional groups attached to an aromatic ring is 1. The second kappa shape index (κ2) is 7.64. The Balaban J connectivity index is 1.42. The Hall–Kier alpha value is -3.25. The average Bonchev–Trinajstić information content (AvgIpc) is 3.17. The van der Waals surface area contributed by atoms with Crippen LogP contribution in [0.5, 0.6) is 11.5 Å². The van der Waals surface area contributed by atoms with Crippen LogP contribution in [0.25, 0.3) is 0 Å². The molecule has 29 heavy (non-hydrogen) atoms. The molecule has 1 fully saturated rings. The van der Waals surface area contributed by atoms with Crippen molar-refractivity contribution in [2.24, 2.45) is 0 Å². The van der Waals surface area contributed by atoms with Crippen LogP contribution in [-0.2, 0) is 0 Å². The lowest BCUT2D eigenvalue weighted by atomic mass is 10.1. The Bertz CT molecular complexity index is 970. The lowest BCUT2D eigenvalue weighted by Crippen LogP contribution is -2.46. The van der Waals surface area contributed by atoms with Crippen molar-refractivity contribution in [3.05, 3.63) is 66.9 Å². The summed E-state index contributed by atoms with van der Waals surface area (Å²) in [6.07, 6.45) is 4.19. The van der Waals surface area contributed by atoms with Crippen molar-refractivity contribution in [3.8, 4) is 11.5 Å². The quantitative estimate of drug-likeness (QED) is 0.702. The van der Waals surface area contributed by atoms with Gasteiger partial charge in [0, 0.05) is 24.5 Å². The average molecular weight is 387 g/mol. The molecule has 2 aliphatic heterocycles. The van der Waals surface area contributed by atoms with Gasteiger partial charge in [0.1, 0.15) is 23.0 Å². The van der Waals surface area contributed by atoms with Crippen LogP contribution < -0.4 is 25.6 Å². The highest BCUT2D eigenvalue weighted by Crippen LogP contribution is 2.45. The van der Waals surface area contributed by atoms with Crippen LogP contribution in [-0.4, -0.2) is 30.8 Å². The van der Waals surface area contributed by atoms with Crippen molar-refractivity contribution in [1.82, 2.24) is 10.3 Å². The number of hydrogen-bond donors (Lipinski definition) is 2. The van der Waals surface area contributed by atoms with Crippen LogP contribution >= 0.6 is 0 Å². The molecule has 6 nitrogen and oxygen atoms in total. The molecule has 6 heteroatoms. The van der Waals surface area contributed by atoms with E-state index in [1.54, 1.807) is 6.20 Å². The molecule has 1 saturated heterocycles. The summed E-state index contributed by atoms with van der Waals surface area (Å²) in [7, 11) is 0. The molecule has 0 aliphatic carbocycles. The summed E-state index contributed by atoms with van der Waals surface area (Å²) in [5.41, 5.74) is 9.54. The molecule has 5 rings (SSSR count). The first-order chi connectivity index (χ1) is 14.3. The van der Waals surface area contributed by atoms with Gasteiger partial charge in [0.2, 0.25) is 0 Å². The van der Waals surface area contributed by atoms with Crippen molar-refractivity contribution in [1.29, 1.82) is 0 Å². The summed E-state index contributed by atoms with van der Waals surface area (Å²) in [6, 6.07) is 20.5. The van der Waals surface area contributed by atoms with Crippen molar-refractivity contribution in [2.45, 2.75) is 18.9 Å². The third-order valence-corrected chi connectivity index (χ3v) is 5.64. The molecule has 148 valence electrons. The summed E-state index contributed by atoms with van der Waals surface area (Å²) in [5, 5.41) is 3.52. The molecule has 1 aromatic heterocycles. The van der Waals surface area contributed by atoms with Gasteiger partial charge in [-0.05, 0) is 61.9 Å². The number of hydrogen-bond acceptors (Lipinski definition) is 6. The summed E-state index contributed by atoms with van der Waals surface area (Å²) in [4.78, 5) is 9.05. The minimum atomic E-state index is 0.468. The Morgan fingerprint density at radius 3 is 2.55 bits per heavy atom. The topological polar surface area (TPSA) is 66.6 Å². The first kappa shape index (κ1) is 17.8. The number of para-hydroxylation sites is 1. The van der Waals surface area contributed by atoms with E-state index in [1.165, 1.54) is 12.8 Å². The fraction of sp³-hybridized carbons (Fsp3) is 0.261. The smallest absolute Gasteiger partial charge is 0.149 e. The van der Waals surface area contributed by atoms with Gasteiger partial charge in [0.15, 0.2) is 0 Å². The third kappa shape index (κ3) is 3.47. The predicted octanol–water partition coefficient (Wildman–Crippen LogP) is 4.12. The number of ether oxygens (including phenoxy) is 1. The molecule has 0 radical (unpaired) electrons. The van der Waals surface area contributed by atoms with Gasteiger partial charge < -0.3 is 25.6 Å². The minimum Gasteiger partial charge on any atom is -0.457 e. The predicted molar refractivity (Wildman–Crippen MR) is 117 cm³/mol. The SMILES string of the molecule is Nc1nccc2c1N(c1ccc(Oc3ccccc3)cc1)CN2[C@@H]1CCCNC1. The Labute approximate surface area is 170 Å².